The highest BCUT2D eigenvalue weighted by Crippen LogP contribution is 2.36. The van der Waals surface area contributed by atoms with Crippen LogP contribution in [0, 0.1) is 24.0 Å². The lowest BCUT2D eigenvalue weighted by molar-refractivity contribution is -0.385. The molecular formula is C15H13NO5. The van der Waals surface area contributed by atoms with Crippen molar-refractivity contribution in [2.75, 3.05) is 0 Å². The van der Waals surface area contributed by atoms with Crippen molar-refractivity contribution in [2.45, 2.75) is 13.8 Å². The van der Waals surface area contributed by atoms with Crippen molar-refractivity contribution in [3.63, 3.8) is 0 Å². The number of nitro benzene ring substituents is 1. The molecule has 0 bridgehead atoms. The first-order valence-electron chi connectivity index (χ1n) is 6.16. The van der Waals surface area contributed by atoms with Crippen molar-refractivity contribution in [1.82, 2.24) is 0 Å². The number of hydrogen-bond acceptors (Lipinski definition) is 4. The number of carboxylic acids is 1. The summed E-state index contributed by atoms with van der Waals surface area (Å²) in [6, 6.07) is 9.13. The van der Waals surface area contributed by atoms with Gasteiger partial charge in [0.15, 0.2) is 0 Å². The van der Waals surface area contributed by atoms with Gasteiger partial charge in [0.2, 0.25) is 5.75 Å². The number of ether oxygens (including phenoxy) is 1. The normalized spacial score (nSPS) is 10.2. The van der Waals surface area contributed by atoms with E-state index >= 15 is 0 Å². The van der Waals surface area contributed by atoms with E-state index in [2.05, 4.69) is 0 Å². The van der Waals surface area contributed by atoms with E-state index < -0.39 is 10.9 Å². The second-order valence-electron chi connectivity index (χ2n) is 4.59. The Morgan fingerprint density at radius 1 is 1.24 bits per heavy atom. The highest BCUT2D eigenvalue weighted by molar-refractivity contribution is 5.91. The Hall–Kier alpha value is -2.89. The van der Waals surface area contributed by atoms with E-state index in [9.17, 15) is 14.9 Å². The van der Waals surface area contributed by atoms with Crippen LogP contribution in [0.3, 0.4) is 0 Å². The van der Waals surface area contributed by atoms with Crippen LogP contribution in [0.1, 0.15) is 21.5 Å². The SMILES string of the molecule is Cc1ccc(C(=O)O)c(Oc2c(C)cccc2[N+](=O)[O-])c1. The lowest BCUT2D eigenvalue weighted by Gasteiger charge is -2.11. The van der Waals surface area contributed by atoms with Gasteiger partial charge in [-0.15, -0.1) is 0 Å². The zero-order valence-electron chi connectivity index (χ0n) is 11.5. The third kappa shape index (κ3) is 3.00. The summed E-state index contributed by atoms with van der Waals surface area (Å²) < 4.78 is 5.55. The molecule has 2 rings (SSSR count). The first-order chi connectivity index (χ1) is 9.90. The molecule has 108 valence electrons. The Morgan fingerprint density at radius 3 is 2.57 bits per heavy atom. The smallest absolute Gasteiger partial charge is 0.339 e. The average Bonchev–Trinajstić information content (AvgIpc) is 2.40. The first-order valence-corrected chi connectivity index (χ1v) is 6.16. The fraction of sp³-hybridized carbons (Fsp3) is 0.133. The van der Waals surface area contributed by atoms with Gasteiger partial charge in [-0.05, 0) is 37.1 Å². The predicted molar refractivity (Wildman–Crippen MR) is 76.0 cm³/mol. The fourth-order valence-electron chi connectivity index (χ4n) is 1.91. The van der Waals surface area contributed by atoms with E-state index in [-0.39, 0.29) is 22.7 Å². The van der Waals surface area contributed by atoms with E-state index in [0.29, 0.717) is 5.56 Å². The Morgan fingerprint density at radius 2 is 1.95 bits per heavy atom. The summed E-state index contributed by atoms with van der Waals surface area (Å²) in [6.45, 7) is 3.45. The largest absolute Gasteiger partial charge is 0.478 e. The Bertz CT molecular complexity index is 724. The standard InChI is InChI=1S/C15H13NO5/c1-9-6-7-11(15(17)18)13(8-9)21-14-10(2)4-3-5-12(14)16(19)20/h3-8H,1-2H3,(H,17,18). The van der Waals surface area contributed by atoms with Crippen molar-refractivity contribution in [2.24, 2.45) is 0 Å². The summed E-state index contributed by atoms with van der Waals surface area (Å²) in [4.78, 5) is 21.7. The fourth-order valence-corrected chi connectivity index (χ4v) is 1.91. The van der Waals surface area contributed by atoms with Crippen LogP contribution in [0.4, 0.5) is 5.69 Å². The van der Waals surface area contributed by atoms with Crippen molar-refractivity contribution in [3.8, 4) is 11.5 Å². The summed E-state index contributed by atoms with van der Waals surface area (Å²) in [6.07, 6.45) is 0. The second kappa shape index (κ2) is 5.62. The third-order valence-electron chi connectivity index (χ3n) is 2.97. The maximum Gasteiger partial charge on any atom is 0.339 e. The molecule has 0 aromatic heterocycles. The molecule has 0 unspecified atom stereocenters. The molecule has 0 saturated carbocycles. The molecule has 21 heavy (non-hydrogen) atoms. The molecule has 0 fully saturated rings. The molecule has 6 heteroatoms. The van der Waals surface area contributed by atoms with Crippen LogP contribution in [-0.2, 0) is 0 Å². The molecule has 0 aliphatic heterocycles. The number of hydrogen-bond donors (Lipinski definition) is 1. The number of carbonyl (C=O) groups is 1. The molecule has 2 aromatic rings. The summed E-state index contributed by atoms with van der Waals surface area (Å²) in [7, 11) is 0. The van der Waals surface area contributed by atoms with Crippen LogP contribution in [0.25, 0.3) is 0 Å². The summed E-state index contributed by atoms with van der Waals surface area (Å²) in [5.41, 5.74) is 1.11. The second-order valence-corrected chi connectivity index (χ2v) is 4.59. The van der Waals surface area contributed by atoms with Crippen molar-refractivity contribution in [3.05, 3.63) is 63.2 Å². The van der Waals surface area contributed by atoms with E-state index in [1.165, 1.54) is 12.1 Å². The van der Waals surface area contributed by atoms with Gasteiger partial charge in [-0.2, -0.15) is 0 Å². The van der Waals surface area contributed by atoms with Gasteiger partial charge in [0.1, 0.15) is 11.3 Å². The van der Waals surface area contributed by atoms with Gasteiger partial charge in [0, 0.05) is 6.07 Å². The number of aromatic carboxylic acids is 1. The van der Waals surface area contributed by atoms with E-state index in [1.54, 1.807) is 38.1 Å². The number of rotatable bonds is 4. The van der Waals surface area contributed by atoms with Gasteiger partial charge in [0.25, 0.3) is 0 Å². The van der Waals surface area contributed by atoms with Crippen LogP contribution in [0.15, 0.2) is 36.4 Å². The van der Waals surface area contributed by atoms with Crippen LogP contribution in [-0.4, -0.2) is 16.0 Å². The molecule has 0 amide bonds. The van der Waals surface area contributed by atoms with Gasteiger partial charge in [-0.1, -0.05) is 18.2 Å². The topological polar surface area (TPSA) is 89.7 Å². The van der Waals surface area contributed by atoms with Crippen LogP contribution < -0.4 is 4.74 Å². The number of para-hydroxylation sites is 1. The Kier molecular flexibility index (Phi) is 3.89. The minimum absolute atomic E-state index is 0.0434. The van der Waals surface area contributed by atoms with E-state index in [4.69, 9.17) is 9.84 Å². The van der Waals surface area contributed by atoms with Crippen LogP contribution >= 0.6 is 0 Å². The summed E-state index contributed by atoms with van der Waals surface area (Å²) in [5.74, 6) is -1.02. The molecule has 2 aromatic carbocycles. The number of nitro groups is 1. The van der Waals surface area contributed by atoms with Gasteiger partial charge >= 0.3 is 11.7 Å². The van der Waals surface area contributed by atoms with Gasteiger partial charge in [0.05, 0.1) is 4.92 Å². The number of benzene rings is 2. The van der Waals surface area contributed by atoms with Crippen LogP contribution in [0.2, 0.25) is 0 Å². The third-order valence-corrected chi connectivity index (χ3v) is 2.97. The van der Waals surface area contributed by atoms with Crippen molar-refractivity contribution >= 4 is 11.7 Å². The highest BCUT2D eigenvalue weighted by Gasteiger charge is 2.20. The summed E-state index contributed by atoms with van der Waals surface area (Å²) >= 11 is 0. The van der Waals surface area contributed by atoms with E-state index in [0.717, 1.165) is 5.56 Å². The summed E-state index contributed by atoms with van der Waals surface area (Å²) in [5, 5.41) is 20.2. The van der Waals surface area contributed by atoms with Crippen LogP contribution in [0.5, 0.6) is 11.5 Å². The maximum absolute atomic E-state index is 11.2. The zero-order chi connectivity index (χ0) is 15.6. The molecule has 0 spiro atoms. The molecule has 0 saturated heterocycles. The molecule has 0 heterocycles. The Labute approximate surface area is 120 Å². The van der Waals surface area contributed by atoms with E-state index in [1.807, 2.05) is 0 Å². The molecule has 0 aliphatic rings. The molecule has 6 nitrogen and oxygen atoms in total. The quantitative estimate of drug-likeness (QED) is 0.684. The van der Waals surface area contributed by atoms with Crippen molar-refractivity contribution < 1.29 is 19.6 Å². The highest BCUT2D eigenvalue weighted by atomic mass is 16.6. The monoisotopic (exact) mass is 287 g/mol. The molecule has 0 aliphatic carbocycles. The minimum atomic E-state index is -1.15. The average molecular weight is 287 g/mol. The molecular weight excluding hydrogens is 274 g/mol. The number of carboxylic acid groups (broad SMARTS) is 1. The molecule has 0 atom stereocenters. The first kappa shape index (κ1) is 14.5. The lowest BCUT2D eigenvalue weighted by atomic mass is 10.1. The van der Waals surface area contributed by atoms with Gasteiger partial charge in [-0.3, -0.25) is 10.1 Å². The number of nitrogens with zero attached hydrogens (tertiary/aromatic N) is 1. The zero-order valence-corrected chi connectivity index (χ0v) is 11.5. The predicted octanol–water partition coefficient (Wildman–Crippen LogP) is 3.70. The molecule has 1 N–H and O–H groups in total. The van der Waals surface area contributed by atoms with Crippen molar-refractivity contribution in [1.29, 1.82) is 0 Å². The lowest BCUT2D eigenvalue weighted by Crippen LogP contribution is -2.02. The minimum Gasteiger partial charge on any atom is -0.478 e. The maximum atomic E-state index is 11.2. The van der Waals surface area contributed by atoms with Gasteiger partial charge in [-0.25, -0.2) is 4.79 Å². The molecule has 0 radical (unpaired) electrons. The number of aryl methyl sites for hydroxylation is 2. The Balaban J connectivity index is 2.55. The van der Waals surface area contributed by atoms with Gasteiger partial charge < -0.3 is 9.84 Å².